The molecule has 1 atom stereocenters. The van der Waals surface area contributed by atoms with Crippen LogP contribution in [0.2, 0.25) is 0 Å². The summed E-state index contributed by atoms with van der Waals surface area (Å²) in [5.74, 6) is -0.341. The number of nitrogen functional groups attached to an aromatic ring is 1. The number of carbonyl (C=O) groups is 1. The third-order valence-electron chi connectivity index (χ3n) is 3.17. The maximum absolute atomic E-state index is 12.5. The Labute approximate surface area is 117 Å². The summed E-state index contributed by atoms with van der Waals surface area (Å²) in [6.45, 7) is 1.97. The minimum absolute atomic E-state index is 0.00207. The Kier molecular flexibility index (Phi) is 3.65. The molecule has 1 heterocycles. The van der Waals surface area contributed by atoms with Crippen LogP contribution in [0.15, 0.2) is 23.1 Å². The summed E-state index contributed by atoms with van der Waals surface area (Å²) in [4.78, 5) is 11.5. The monoisotopic (exact) mass is 294 g/mol. The van der Waals surface area contributed by atoms with Gasteiger partial charge in [0.15, 0.2) is 0 Å². The number of nitrogens with two attached hydrogens (primary N) is 1. The van der Waals surface area contributed by atoms with E-state index in [0.29, 0.717) is 0 Å². The van der Waals surface area contributed by atoms with Crippen LogP contribution in [0.25, 0.3) is 0 Å². The van der Waals surface area contributed by atoms with Gasteiger partial charge in [0, 0.05) is 13.1 Å². The number of nitriles is 1. The lowest BCUT2D eigenvalue weighted by Crippen LogP contribution is -2.55. The first-order chi connectivity index (χ1) is 9.37. The maximum atomic E-state index is 12.5. The Balaban J connectivity index is 2.45. The van der Waals surface area contributed by atoms with Crippen molar-refractivity contribution in [3.63, 3.8) is 0 Å². The number of hydrogen-bond donors (Lipinski definition) is 2. The van der Waals surface area contributed by atoms with E-state index in [1.54, 1.807) is 0 Å². The SMILES string of the molecule is CC1C(=O)NCCN1S(=O)(=O)c1ccc(C#N)cc1N. The van der Waals surface area contributed by atoms with E-state index in [-0.39, 0.29) is 35.1 Å². The fraction of sp³-hybridized carbons (Fsp3) is 0.333. The van der Waals surface area contributed by atoms with E-state index >= 15 is 0 Å². The number of rotatable bonds is 2. The van der Waals surface area contributed by atoms with Crippen LogP contribution in [0.3, 0.4) is 0 Å². The molecule has 0 spiro atoms. The zero-order chi connectivity index (χ0) is 14.9. The van der Waals surface area contributed by atoms with Gasteiger partial charge in [-0.3, -0.25) is 4.79 Å². The summed E-state index contributed by atoms with van der Waals surface area (Å²) in [5, 5.41) is 11.4. The molecule has 0 saturated carbocycles. The molecule has 106 valence electrons. The lowest BCUT2D eigenvalue weighted by Gasteiger charge is -2.32. The quantitative estimate of drug-likeness (QED) is 0.723. The van der Waals surface area contributed by atoms with E-state index in [4.69, 9.17) is 11.0 Å². The molecule has 7 nitrogen and oxygen atoms in total. The molecular weight excluding hydrogens is 280 g/mol. The van der Waals surface area contributed by atoms with Gasteiger partial charge in [-0.2, -0.15) is 9.57 Å². The first-order valence-corrected chi connectivity index (χ1v) is 7.41. The minimum atomic E-state index is -3.86. The largest absolute Gasteiger partial charge is 0.398 e. The van der Waals surface area contributed by atoms with Crippen LogP contribution >= 0.6 is 0 Å². The highest BCUT2D eigenvalue weighted by atomic mass is 32.2. The number of hydrogen-bond acceptors (Lipinski definition) is 5. The molecule has 1 aromatic rings. The predicted octanol–water partition coefficient (Wildman–Crippen LogP) is -0.351. The minimum Gasteiger partial charge on any atom is -0.398 e. The van der Waals surface area contributed by atoms with Gasteiger partial charge in [-0.15, -0.1) is 0 Å². The molecule has 1 amide bonds. The van der Waals surface area contributed by atoms with Crippen molar-refractivity contribution < 1.29 is 13.2 Å². The molecule has 8 heteroatoms. The molecule has 1 aliphatic heterocycles. The fourth-order valence-corrected chi connectivity index (χ4v) is 3.76. The van der Waals surface area contributed by atoms with E-state index in [1.807, 2.05) is 6.07 Å². The second-order valence-electron chi connectivity index (χ2n) is 4.45. The predicted molar refractivity (Wildman–Crippen MR) is 71.9 cm³/mol. The first-order valence-electron chi connectivity index (χ1n) is 5.97. The highest BCUT2D eigenvalue weighted by molar-refractivity contribution is 7.89. The average molecular weight is 294 g/mol. The number of carbonyl (C=O) groups excluding carboxylic acids is 1. The number of piperazine rings is 1. The summed E-state index contributed by atoms with van der Waals surface area (Å²) < 4.78 is 26.2. The summed E-state index contributed by atoms with van der Waals surface area (Å²) in [6.07, 6.45) is 0. The molecule has 1 fully saturated rings. The van der Waals surface area contributed by atoms with Crippen molar-refractivity contribution in [1.29, 1.82) is 5.26 Å². The molecule has 0 aromatic heterocycles. The zero-order valence-corrected chi connectivity index (χ0v) is 11.6. The molecule has 20 heavy (non-hydrogen) atoms. The molecular formula is C12H14N4O3S. The van der Waals surface area contributed by atoms with Crippen LogP contribution < -0.4 is 11.1 Å². The van der Waals surface area contributed by atoms with Crippen LogP contribution in [0.4, 0.5) is 5.69 Å². The van der Waals surface area contributed by atoms with Crippen molar-refractivity contribution in [3.05, 3.63) is 23.8 Å². The summed E-state index contributed by atoms with van der Waals surface area (Å²) in [7, 11) is -3.86. The Morgan fingerprint density at radius 1 is 1.50 bits per heavy atom. The lowest BCUT2D eigenvalue weighted by molar-refractivity contribution is -0.126. The van der Waals surface area contributed by atoms with Gasteiger partial charge >= 0.3 is 0 Å². The summed E-state index contributed by atoms with van der Waals surface area (Å²) in [5.41, 5.74) is 6.00. The number of amides is 1. The smallest absolute Gasteiger partial charge is 0.245 e. The third kappa shape index (κ3) is 2.33. The van der Waals surface area contributed by atoms with Crippen molar-refractivity contribution in [2.24, 2.45) is 0 Å². The molecule has 1 saturated heterocycles. The zero-order valence-electron chi connectivity index (χ0n) is 10.8. The van der Waals surface area contributed by atoms with Crippen molar-refractivity contribution in [2.75, 3.05) is 18.8 Å². The first kappa shape index (κ1) is 14.3. The van der Waals surface area contributed by atoms with E-state index in [1.165, 1.54) is 25.1 Å². The molecule has 2 rings (SSSR count). The van der Waals surface area contributed by atoms with Crippen LogP contribution in [-0.4, -0.2) is 37.8 Å². The Morgan fingerprint density at radius 3 is 2.80 bits per heavy atom. The molecule has 1 unspecified atom stereocenters. The summed E-state index contributed by atoms with van der Waals surface area (Å²) in [6, 6.07) is 5.09. The topological polar surface area (TPSA) is 116 Å². The van der Waals surface area contributed by atoms with Crippen molar-refractivity contribution in [1.82, 2.24) is 9.62 Å². The van der Waals surface area contributed by atoms with Gasteiger partial charge in [0.25, 0.3) is 0 Å². The second kappa shape index (κ2) is 5.11. The van der Waals surface area contributed by atoms with Gasteiger partial charge in [0.1, 0.15) is 10.9 Å². The Hall–Kier alpha value is -2.11. The van der Waals surface area contributed by atoms with E-state index < -0.39 is 16.1 Å². The van der Waals surface area contributed by atoms with Gasteiger partial charge in [-0.25, -0.2) is 8.42 Å². The normalized spacial score (nSPS) is 20.2. The van der Waals surface area contributed by atoms with Crippen molar-refractivity contribution in [2.45, 2.75) is 17.9 Å². The van der Waals surface area contributed by atoms with E-state index in [2.05, 4.69) is 5.32 Å². The van der Waals surface area contributed by atoms with Gasteiger partial charge in [0.05, 0.1) is 17.3 Å². The molecule has 1 aliphatic rings. The maximum Gasteiger partial charge on any atom is 0.245 e. The van der Waals surface area contributed by atoms with Crippen LogP contribution in [0, 0.1) is 11.3 Å². The van der Waals surface area contributed by atoms with Crippen LogP contribution in [-0.2, 0) is 14.8 Å². The highest BCUT2D eigenvalue weighted by Gasteiger charge is 2.36. The Bertz CT molecular complexity index is 693. The van der Waals surface area contributed by atoms with Gasteiger partial charge in [-0.1, -0.05) is 0 Å². The standard InChI is InChI=1S/C12H14N4O3S/c1-8-12(17)15-4-5-16(8)20(18,19)11-3-2-9(7-13)6-10(11)14/h2-3,6,8H,4-5,14H2,1H3,(H,15,17). The van der Waals surface area contributed by atoms with Gasteiger partial charge < -0.3 is 11.1 Å². The molecule has 0 bridgehead atoms. The molecule has 3 N–H and O–H groups in total. The number of anilines is 1. The number of nitrogens with zero attached hydrogens (tertiary/aromatic N) is 2. The van der Waals surface area contributed by atoms with Crippen LogP contribution in [0.5, 0.6) is 0 Å². The molecule has 0 radical (unpaired) electrons. The Morgan fingerprint density at radius 2 is 2.20 bits per heavy atom. The fourth-order valence-electron chi connectivity index (χ4n) is 2.07. The number of sulfonamides is 1. The van der Waals surface area contributed by atoms with Crippen molar-refractivity contribution in [3.8, 4) is 6.07 Å². The van der Waals surface area contributed by atoms with Crippen molar-refractivity contribution >= 4 is 21.6 Å². The second-order valence-corrected chi connectivity index (χ2v) is 6.31. The molecule has 1 aromatic carbocycles. The van der Waals surface area contributed by atoms with Gasteiger partial charge in [0.2, 0.25) is 15.9 Å². The highest BCUT2D eigenvalue weighted by Crippen LogP contribution is 2.25. The molecule has 0 aliphatic carbocycles. The number of benzene rings is 1. The van der Waals surface area contributed by atoms with Gasteiger partial charge in [-0.05, 0) is 25.1 Å². The average Bonchev–Trinajstić information content (AvgIpc) is 2.41. The van der Waals surface area contributed by atoms with E-state index in [9.17, 15) is 13.2 Å². The number of nitrogens with one attached hydrogen (secondary N) is 1. The summed E-state index contributed by atoms with van der Waals surface area (Å²) >= 11 is 0. The lowest BCUT2D eigenvalue weighted by atomic mass is 10.2. The van der Waals surface area contributed by atoms with E-state index in [0.717, 1.165) is 4.31 Å². The third-order valence-corrected chi connectivity index (χ3v) is 5.21. The van der Waals surface area contributed by atoms with Crippen LogP contribution in [0.1, 0.15) is 12.5 Å².